The van der Waals surface area contributed by atoms with E-state index >= 15 is 0 Å². The number of aliphatic hydroxyl groups excluding tert-OH is 2. The maximum absolute atomic E-state index is 8.72. The summed E-state index contributed by atoms with van der Waals surface area (Å²) in [5, 5.41) is 17.3. The van der Waals surface area contributed by atoms with Gasteiger partial charge in [-0.05, 0) is 13.3 Å². The highest BCUT2D eigenvalue weighted by Gasteiger charge is 2.08. The molecule has 0 aliphatic carbocycles. The van der Waals surface area contributed by atoms with Gasteiger partial charge in [-0.1, -0.05) is 6.92 Å². The number of hydrogen-bond acceptors (Lipinski definition) is 3. The molecule has 0 saturated carbocycles. The third-order valence-corrected chi connectivity index (χ3v) is 0.822. The average molecular weight is 133 g/mol. The van der Waals surface area contributed by atoms with Crippen molar-refractivity contribution in [2.75, 3.05) is 6.61 Å². The molecular weight excluding hydrogens is 120 g/mol. The molecule has 0 aromatic carbocycles. The first-order valence-electron chi connectivity index (χ1n) is 2.99. The summed E-state index contributed by atoms with van der Waals surface area (Å²) in [6, 6.07) is 0. The van der Waals surface area contributed by atoms with E-state index in [0.717, 1.165) is 6.42 Å². The van der Waals surface area contributed by atoms with E-state index in [9.17, 15) is 0 Å². The first-order valence-corrected chi connectivity index (χ1v) is 2.99. The van der Waals surface area contributed by atoms with Crippen molar-refractivity contribution in [3.63, 3.8) is 0 Å². The standard InChI is InChI=1S/C6H13O3/c1-3-4-9-6(8)5(2)7/h5-8H,2-4H2,1H3. The minimum Gasteiger partial charge on any atom is -0.388 e. The van der Waals surface area contributed by atoms with Crippen LogP contribution in [0.25, 0.3) is 0 Å². The van der Waals surface area contributed by atoms with Gasteiger partial charge in [-0.15, -0.1) is 0 Å². The van der Waals surface area contributed by atoms with E-state index in [2.05, 4.69) is 6.92 Å². The lowest BCUT2D eigenvalue weighted by Gasteiger charge is -2.12. The van der Waals surface area contributed by atoms with E-state index < -0.39 is 12.4 Å². The molecule has 2 atom stereocenters. The van der Waals surface area contributed by atoms with Crippen LogP contribution in [0.5, 0.6) is 0 Å². The van der Waals surface area contributed by atoms with Crippen LogP contribution in [0.4, 0.5) is 0 Å². The summed E-state index contributed by atoms with van der Waals surface area (Å²) in [4.78, 5) is 0. The zero-order chi connectivity index (χ0) is 7.28. The van der Waals surface area contributed by atoms with Crippen molar-refractivity contribution in [3.8, 4) is 0 Å². The van der Waals surface area contributed by atoms with Crippen LogP contribution in [-0.4, -0.2) is 29.2 Å². The Morgan fingerprint density at radius 3 is 2.44 bits per heavy atom. The number of aliphatic hydroxyl groups is 2. The van der Waals surface area contributed by atoms with Crippen molar-refractivity contribution >= 4 is 0 Å². The largest absolute Gasteiger partial charge is 0.388 e. The molecule has 0 rings (SSSR count). The quantitative estimate of drug-likeness (QED) is 0.528. The molecule has 0 aromatic rings. The summed E-state index contributed by atoms with van der Waals surface area (Å²) in [7, 11) is 0. The van der Waals surface area contributed by atoms with Crippen molar-refractivity contribution in [1.82, 2.24) is 0 Å². The summed E-state index contributed by atoms with van der Waals surface area (Å²) in [5.41, 5.74) is 0. The van der Waals surface area contributed by atoms with Gasteiger partial charge in [0.1, 0.15) is 6.10 Å². The van der Waals surface area contributed by atoms with Gasteiger partial charge in [0.25, 0.3) is 0 Å². The second kappa shape index (κ2) is 4.73. The van der Waals surface area contributed by atoms with E-state index in [1.54, 1.807) is 0 Å². The Labute approximate surface area is 55.3 Å². The Balaban J connectivity index is 3.16. The van der Waals surface area contributed by atoms with E-state index in [1.165, 1.54) is 0 Å². The van der Waals surface area contributed by atoms with E-state index in [-0.39, 0.29) is 0 Å². The van der Waals surface area contributed by atoms with Crippen molar-refractivity contribution in [1.29, 1.82) is 0 Å². The SMILES string of the molecule is [CH2]C(O)C(O)OCCC. The third kappa shape index (κ3) is 4.39. The Morgan fingerprint density at radius 1 is 1.56 bits per heavy atom. The van der Waals surface area contributed by atoms with Crippen molar-refractivity contribution in [3.05, 3.63) is 6.92 Å². The minimum atomic E-state index is -1.13. The smallest absolute Gasteiger partial charge is 0.180 e. The highest BCUT2D eigenvalue weighted by molar-refractivity contribution is 4.58. The normalized spacial score (nSPS) is 17.3. The lowest BCUT2D eigenvalue weighted by Crippen LogP contribution is -2.26. The summed E-state index contributed by atoms with van der Waals surface area (Å²) in [5.74, 6) is 0. The van der Waals surface area contributed by atoms with E-state index in [0.29, 0.717) is 6.61 Å². The van der Waals surface area contributed by atoms with Gasteiger partial charge >= 0.3 is 0 Å². The second-order valence-electron chi connectivity index (χ2n) is 1.83. The van der Waals surface area contributed by atoms with Crippen molar-refractivity contribution in [2.24, 2.45) is 0 Å². The van der Waals surface area contributed by atoms with E-state index in [4.69, 9.17) is 14.9 Å². The summed E-state index contributed by atoms with van der Waals surface area (Å²) in [6.45, 7) is 5.54. The molecule has 0 saturated heterocycles. The van der Waals surface area contributed by atoms with E-state index in [1.807, 2.05) is 6.92 Å². The van der Waals surface area contributed by atoms with Crippen molar-refractivity contribution < 1.29 is 14.9 Å². The first-order chi connectivity index (χ1) is 4.18. The maximum atomic E-state index is 8.72. The predicted octanol–water partition coefficient (Wildman–Crippen LogP) is -0.0736. The molecule has 2 unspecified atom stereocenters. The van der Waals surface area contributed by atoms with Gasteiger partial charge in [0, 0.05) is 6.61 Å². The molecule has 3 heteroatoms. The zero-order valence-corrected chi connectivity index (χ0v) is 5.58. The molecule has 0 bridgehead atoms. The molecule has 0 aromatic heterocycles. The lowest BCUT2D eigenvalue weighted by molar-refractivity contribution is -0.148. The molecule has 9 heavy (non-hydrogen) atoms. The Hall–Kier alpha value is -0.120. The van der Waals surface area contributed by atoms with Crippen LogP contribution in [0, 0.1) is 6.92 Å². The topological polar surface area (TPSA) is 49.7 Å². The van der Waals surface area contributed by atoms with Gasteiger partial charge in [-0.2, -0.15) is 0 Å². The fraction of sp³-hybridized carbons (Fsp3) is 0.833. The van der Waals surface area contributed by atoms with Gasteiger partial charge in [0.15, 0.2) is 6.29 Å². The van der Waals surface area contributed by atoms with Gasteiger partial charge in [0.05, 0.1) is 0 Å². The predicted molar refractivity (Wildman–Crippen MR) is 33.6 cm³/mol. The molecule has 3 nitrogen and oxygen atoms in total. The number of rotatable bonds is 4. The molecule has 0 aliphatic heterocycles. The number of ether oxygens (including phenoxy) is 1. The Morgan fingerprint density at radius 2 is 2.11 bits per heavy atom. The monoisotopic (exact) mass is 133 g/mol. The fourth-order valence-electron chi connectivity index (χ4n) is 0.350. The summed E-state index contributed by atoms with van der Waals surface area (Å²) < 4.78 is 4.70. The van der Waals surface area contributed by atoms with Gasteiger partial charge in [0.2, 0.25) is 0 Å². The molecule has 2 N–H and O–H groups in total. The van der Waals surface area contributed by atoms with Crippen LogP contribution in [0.15, 0.2) is 0 Å². The first kappa shape index (κ1) is 8.88. The average Bonchev–Trinajstić information content (AvgIpc) is 1.82. The molecule has 0 amide bonds. The summed E-state index contributed by atoms with van der Waals surface area (Å²) >= 11 is 0. The lowest BCUT2D eigenvalue weighted by atomic mass is 10.4. The minimum absolute atomic E-state index is 0.452. The molecular formula is C6H13O3. The van der Waals surface area contributed by atoms with Crippen LogP contribution in [0.3, 0.4) is 0 Å². The molecule has 0 spiro atoms. The van der Waals surface area contributed by atoms with Crippen LogP contribution < -0.4 is 0 Å². The van der Waals surface area contributed by atoms with Gasteiger partial charge in [-0.3, -0.25) is 0 Å². The molecule has 1 radical (unpaired) electrons. The molecule has 0 heterocycles. The van der Waals surface area contributed by atoms with Crippen LogP contribution in [0.1, 0.15) is 13.3 Å². The number of hydrogen-bond donors (Lipinski definition) is 2. The Kier molecular flexibility index (Phi) is 4.67. The summed E-state index contributed by atoms with van der Waals surface area (Å²) in [6.07, 6.45) is -1.36. The van der Waals surface area contributed by atoms with Crippen molar-refractivity contribution in [2.45, 2.75) is 25.7 Å². The third-order valence-electron chi connectivity index (χ3n) is 0.822. The van der Waals surface area contributed by atoms with Crippen LogP contribution in [0.2, 0.25) is 0 Å². The van der Waals surface area contributed by atoms with Gasteiger partial charge in [-0.25, -0.2) is 0 Å². The van der Waals surface area contributed by atoms with Gasteiger partial charge < -0.3 is 14.9 Å². The Bertz CT molecular complexity index is 63.3. The zero-order valence-electron chi connectivity index (χ0n) is 5.58. The fourth-order valence-corrected chi connectivity index (χ4v) is 0.350. The molecule has 0 fully saturated rings. The highest BCUT2D eigenvalue weighted by atomic mass is 16.6. The van der Waals surface area contributed by atoms with Crippen LogP contribution >= 0.6 is 0 Å². The maximum Gasteiger partial charge on any atom is 0.180 e. The second-order valence-corrected chi connectivity index (χ2v) is 1.83. The molecule has 55 valence electrons. The molecule has 0 aliphatic rings. The highest BCUT2D eigenvalue weighted by Crippen LogP contribution is 1.93. The van der Waals surface area contributed by atoms with Crippen LogP contribution in [-0.2, 0) is 4.74 Å².